The van der Waals surface area contributed by atoms with E-state index in [1.54, 1.807) is 42.5 Å². The number of allylic oxidation sites excluding steroid dienone is 2. The minimum Gasteiger partial charge on any atom is -0.494 e. The van der Waals surface area contributed by atoms with Gasteiger partial charge in [-0.05, 0) is 42.3 Å². The summed E-state index contributed by atoms with van der Waals surface area (Å²) in [6.07, 6.45) is 0. The molecule has 2 heterocycles. The number of hydrogen-bond acceptors (Lipinski definition) is 6. The van der Waals surface area contributed by atoms with Gasteiger partial charge in [0.1, 0.15) is 22.3 Å². The number of benzene rings is 3. The van der Waals surface area contributed by atoms with Crippen molar-refractivity contribution in [2.24, 2.45) is 5.73 Å². The Labute approximate surface area is 204 Å². The number of hydrogen-bond donors (Lipinski definition) is 1. The van der Waals surface area contributed by atoms with Crippen LogP contribution in [0.2, 0.25) is 0 Å². The van der Waals surface area contributed by atoms with Gasteiger partial charge < -0.3 is 15.2 Å². The molecule has 5 rings (SSSR count). The van der Waals surface area contributed by atoms with Crippen LogP contribution in [-0.4, -0.2) is 15.0 Å². The van der Waals surface area contributed by atoms with Gasteiger partial charge in [-0.25, -0.2) is 8.42 Å². The van der Waals surface area contributed by atoms with Gasteiger partial charge in [0, 0.05) is 5.56 Å². The fourth-order valence-electron chi connectivity index (χ4n) is 4.49. The molecule has 176 valence electrons. The van der Waals surface area contributed by atoms with E-state index < -0.39 is 15.9 Å². The summed E-state index contributed by atoms with van der Waals surface area (Å²) in [5, 5.41) is 9.97. The maximum Gasteiger partial charge on any atom is 0.265 e. The maximum atomic E-state index is 14.2. The summed E-state index contributed by atoms with van der Waals surface area (Å²) in [6.45, 7) is 2.52. The molecule has 0 amide bonds. The first-order valence-corrected chi connectivity index (χ1v) is 12.6. The Bertz CT molecular complexity index is 1490. The standard InChI is InChI=1S/C27H23N3O4S/c1-2-33-20-14-12-19(13-15-20)24-22(16-28)27(29)34-25-21-10-6-7-11-23(21)30(35(31,32)26(24)25)17-18-8-4-3-5-9-18/h3-15,24H,2,17,29H2,1H3. The molecule has 0 fully saturated rings. The molecule has 0 saturated heterocycles. The summed E-state index contributed by atoms with van der Waals surface area (Å²) in [6, 6.07) is 25.6. The van der Waals surface area contributed by atoms with E-state index in [0.717, 1.165) is 5.56 Å². The third-order valence-corrected chi connectivity index (χ3v) is 7.93. The summed E-state index contributed by atoms with van der Waals surface area (Å²) >= 11 is 0. The van der Waals surface area contributed by atoms with Gasteiger partial charge >= 0.3 is 0 Å². The third kappa shape index (κ3) is 3.80. The summed E-state index contributed by atoms with van der Waals surface area (Å²) in [5.41, 5.74) is 8.76. The highest BCUT2D eigenvalue weighted by Crippen LogP contribution is 2.51. The van der Waals surface area contributed by atoms with Crippen LogP contribution in [0.15, 0.2) is 95.2 Å². The molecule has 2 aliphatic heterocycles. The lowest BCUT2D eigenvalue weighted by molar-refractivity contribution is 0.340. The fraction of sp³-hybridized carbons (Fsp3) is 0.148. The molecule has 1 unspecified atom stereocenters. The van der Waals surface area contributed by atoms with Crippen molar-refractivity contribution in [2.75, 3.05) is 10.9 Å². The SMILES string of the molecule is CCOc1ccc(C2C(C#N)=C(N)OC3=C2S(=O)(=O)N(Cc2ccccc2)c2ccccc23)cc1. The van der Waals surface area contributed by atoms with Crippen LogP contribution in [0.25, 0.3) is 5.76 Å². The number of ether oxygens (including phenoxy) is 2. The molecule has 8 heteroatoms. The Hall–Kier alpha value is -4.22. The molecule has 0 aromatic heterocycles. The van der Waals surface area contributed by atoms with Crippen molar-refractivity contribution in [3.63, 3.8) is 0 Å². The van der Waals surface area contributed by atoms with Crippen LogP contribution in [0.3, 0.4) is 0 Å². The van der Waals surface area contributed by atoms with Crippen LogP contribution >= 0.6 is 0 Å². The number of nitriles is 1. The second-order valence-corrected chi connectivity index (χ2v) is 9.97. The van der Waals surface area contributed by atoms with Gasteiger partial charge in [-0.15, -0.1) is 0 Å². The second kappa shape index (κ2) is 8.85. The largest absolute Gasteiger partial charge is 0.494 e. The summed E-state index contributed by atoms with van der Waals surface area (Å²) in [7, 11) is -4.10. The molecule has 0 spiro atoms. The first kappa shape index (κ1) is 22.6. The number of fused-ring (bicyclic) bond motifs is 2. The van der Waals surface area contributed by atoms with E-state index in [0.29, 0.717) is 29.2 Å². The van der Waals surface area contributed by atoms with Crippen LogP contribution in [0.5, 0.6) is 5.75 Å². The maximum absolute atomic E-state index is 14.2. The monoisotopic (exact) mass is 485 g/mol. The van der Waals surface area contributed by atoms with E-state index in [9.17, 15) is 13.7 Å². The van der Waals surface area contributed by atoms with E-state index in [1.165, 1.54) is 4.31 Å². The lowest BCUT2D eigenvalue weighted by Crippen LogP contribution is -2.39. The Morgan fingerprint density at radius 3 is 2.40 bits per heavy atom. The Kier molecular flexibility index (Phi) is 5.71. The lowest BCUT2D eigenvalue weighted by Gasteiger charge is -2.38. The zero-order valence-corrected chi connectivity index (χ0v) is 19.8. The van der Waals surface area contributed by atoms with Crippen molar-refractivity contribution in [2.45, 2.75) is 19.4 Å². The number of sulfonamides is 1. The molecule has 2 N–H and O–H groups in total. The number of nitrogens with zero attached hydrogens (tertiary/aromatic N) is 2. The normalized spacial score (nSPS) is 18.3. The van der Waals surface area contributed by atoms with Crippen LogP contribution in [0, 0.1) is 11.3 Å². The number of rotatable bonds is 5. The minimum absolute atomic E-state index is 0.00189. The zero-order chi connectivity index (χ0) is 24.6. The second-order valence-electron chi connectivity index (χ2n) is 8.13. The van der Waals surface area contributed by atoms with E-state index in [4.69, 9.17) is 15.2 Å². The van der Waals surface area contributed by atoms with Crippen molar-refractivity contribution < 1.29 is 17.9 Å². The van der Waals surface area contributed by atoms with Crippen molar-refractivity contribution in [3.05, 3.63) is 112 Å². The van der Waals surface area contributed by atoms with Gasteiger partial charge in [-0.1, -0.05) is 54.6 Å². The van der Waals surface area contributed by atoms with E-state index >= 15 is 0 Å². The van der Waals surface area contributed by atoms with Crippen LogP contribution in [0.1, 0.15) is 29.5 Å². The van der Waals surface area contributed by atoms with Crippen LogP contribution < -0.4 is 14.8 Å². The molecular formula is C27H23N3O4S. The predicted octanol–water partition coefficient (Wildman–Crippen LogP) is 4.61. The quantitative estimate of drug-likeness (QED) is 0.566. The first-order valence-electron chi connectivity index (χ1n) is 11.2. The Morgan fingerprint density at radius 2 is 1.71 bits per heavy atom. The van der Waals surface area contributed by atoms with E-state index in [1.807, 2.05) is 43.3 Å². The predicted molar refractivity (Wildman–Crippen MR) is 133 cm³/mol. The van der Waals surface area contributed by atoms with Crippen molar-refractivity contribution >= 4 is 21.5 Å². The first-order chi connectivity index (χ1) is 17.0. The average molecular weight is 486 g/mol. The van der Waals surface area contributed by atoms with Gasteiger partial charge in [-0.3, -0.25) is 4.31 Å². The van der Waals surface area contributed by atoms with Gasteiger partial charge in [0.15, 0.2) is 5.76 Å². The molecular weight excluding hydrogens is 462 g/mol. The van der Waals surface area contributed by atoms with Crippen LogP contribution in [-0.2, 0) is 21.3 Å². The summed E-state index contributed by atoms with van der Waals surface area (Å²) in [4.78, 5) is 0.00189. The van der Waals surface area contributed by atoms with E-state index in [-0.39, 0.29) is 28.7 Å². The molecule has 35 heavy (non-hydrogen) atoms. The van der Waals surface area contributed by atoms with Gasteiger partial charge in [0.05, 0.1) is 24.8 Å². The molecule has 0 aliphatic carbocycles. The number of para-hydroxylation sites is 1. The van der Waals surface area contributed by atoms with Gasteiger partial charge in [0.25, 0.3) is 10.0 Å². The Morgan fingerprint density at radius 1 is 1.03 bits per heavy atom. The van der Waals surface area contributed by atoms with Crippen LogP contribution in [0.4, 0.5) is 5.69 Å². The highest BCUT2D eigenvalue weighted by molar-refractivity contribution is 7.96. The van der Waals surface area contributed by atoms with Crippen molar-refractivity contribution in [1.82, 2.24) is 0 Å². The number of nitrogens with two attached hydrogens (primary N) is 1. The summed E-state index contributed by atoms with van der Waals surface area (Å²) in [5.74, 6) is -0.224. The number of anilines is 1. The molecule has 0 bridgehead atoms. The minimum atomic E-state index is -4.10. The molecule has 0 saturated carbocycles. The molecule has 7 nitrogen and oxygen atoms in total. The summed E-state index contributed by atoms with van der Waals surface area (Å²) < 4.78 is 41.2. The highest BCUT2D eigenvalue weighted by Gasteiger charge is 2.47. The average Bonchev–Trinajstić information content (AvgIpc) is 2.87. The Balaban J connectivity index is 1.72. The fourth-order valence-corrected chi connectivity index (χ4v) is 6.40. The van der Waals surface area contributed by atoms with Gasteiger partial charge in [0.2, 0.25) is 5.88 Å². The third-order valence-electron chi connectivity index (χ3n) is 6.05. The zero-order valence-electron chi connectivity index (χ0n) is 19.0. The lowest BCUT2D eigenvalue weighted by atomic mass is 9.88. The van der Waals surface area contributed by atoms with Crippen molar-refractivity contribution in [1.29, 1.82) is 5.26 Å². The van der Waals surface area contributed by atoms with Gasteiger partial charge in [-0.2, -0.15) is 5.26 Å². The smallest absolute Gasteiger partial charge is 0.265 e. The van der Waals surface area contributed by atoms with Crippen molar-refractivity contribution in [3.8, 4) is 11.8 Å². The molecule has 1 atom stereocenters. The highest BCUT2D eigenvalue weighted by atomic mass is 32.2. The molecule has 3 aromatic rings. The van der Waals surface area contributed by atoms with E-state index in [2.05, 4.69) is 6.07 Å². The molecule has 3 aromatic carbocycles. The molecule has 2 aliphatic rings. The topological polar surface area (TPSA) is 106 Å². The molecule has 0 radical (unpaired) electrons.